The smallest absolute Gasteiger partial charge is 0.220 e. The van der Waals surface area contributed by atoms with Gasteiger partial charge in [0.25, 0.3) is 0 Å². The predicted molar refractivity (Wildman–Crippen MR) is 248 cm³/mol. The second-order valence-electron chi connectivity index (χ2n) is 16.2. The van der Waals surface area contributed by atoms with Crippen LogP contribution in [-0.4, -0.2) is 34.9 Å². The molecule has 0 bridgehead atoms. The normalized spacial score (nSPS) is 13.6. The third-order valence-corrected chi connectivity index (χ3v) is 10.7. The summed E-state index contributed by atoms with van der Waals surface area (Å²) in [6, 6.07) is -0.537. The zero-order valence-corrected chi connectivity index (χ0v) is 37.1. The van der Waals surface area contributed by atoms with E-state index in [0.29, 0.717) is 12.8 Å². The van der Waals surface area contributed by atoms with E-state index >= 15 is 0 Å². The first-order chi connectivity index (χ1) is 27.7. The van der Waals surface area contributed by atoms with Gasteiger partial charge in [-0.25, -0.2) is 0 Å². The number of aliphatic hydroxyl groups excluding tert-OH is 2. The highest BCUT2D eigenvalue weighted by molar-refractivity contribution is 5.76. The van der Waals surface area contributed by atoms with Crippen LogP contribution >= 0.6 is 0 Å². The minimum absolute atomic E-state index is 0.0353. The Morgan fingerprint density at radius 2 is 0.786 bits per heavy atom. The molecule has 4 nitrogen and oxygen atoms in total. The number of rotatable bonds is 43. The summed E-state index contributed by atoms with van der Waals surface area (Å²) in [5, 5.41) is 23.1. The van der Waals surface area contributed by atoms with Crippen molar-refractivity contribution in [2.75, 3.05) is 6.61 Å². The van der Waals surface area contributed by atoms with Crippen molar-refractivity contribution in [1.29, 1.82) is 0 Å². The van der Waals surface area contributed by atoms with Crippen molar-refractivity contribution in [2.45, 2.75) is 244 Å². The number of aliphatic hydroxyl groups is 2. The van der Waals surface area contributed by atoms with Crippen LogP contribution in [0.3, 0.4) is 0 Å². The maximum atomic E-state index is 12.4. The van der Waals surface area contributed by atoms with E-state index in [1.807, 2.05) is 0 Å². The van der Waals surface area contributed by atoms with Crippen LogP contribution in [0.15, 0.2) is 72.9 Å². The summed E-state index contributed by atoms with van der Waals surface area (Å²) >= 11 is 0. The molecule has 2 unspecified atom stereocenters. The number of amides is 1. The highest BCUT2D eigenvalue weighted by Crippen LogP contribution is 2.16. The average molecular weight is 780 g/mol. The van der Waals surface area contributed by atoms with Crippen LogP contribution in [0.25, 0.3) is 0 Å². The van der Waals surface area contributed by atoms with Crippen LogP contribution in [-0.2, 0) is 4.79 Å². The molecule has 0 spiro atoms. The quantitative estimate of drug-likeness (QED) is 0.0426. The first-order valence-corrected chi connectivity index (χ1v) is 24.1. The van der Waals surface area contributed by atoms with Crippen molar-refractivity contribution in [3.8, 4) is 0 Å². The number of unbranched alkanes of at least 4 members (excludes halogenated alkanes) is 24. The summed E-state index contributed by atoms with van der Waals surface area (Å²) in [4.78, 5) is 12.4. The molecule has 56 heavy (non-hydrogen) atoms. The Morgan fingerprint density at radius 3 is 1.18 bits per heavy atom. The lowest BCUT2D eigenvalue weighted by Crippen LogP contribution is -2.45. The zero-order chi connectivity index (χ0) is 40.7. The number of carbonyl (C=O) groups excluding carboxylic acids is 1. The fourth-order valence-corrected chi connectivity index (χ4v) is 7.07. The van der Waals surface area contributed by atoms with Gasteiger partial charge in [0.05, 0.1) is 18.8 Å². The summed E-state index contributed by atoms with van der Waals surface area (Å²) in [5.74, 6) is -0.0353. The molecule has 1 amide bonds. The van der Waals surface area contributed by atoms with Gasteiger partial charge in [0.15, 0.2) is 0 Å². The molecule has 3 N–H and O–H groups in total. The molecular formula is C52H93NO3. The largest absolute Gasteiger partial charge is 0.394 e. The molecule has 0 saturated carbocycles. The van der Waals surface area contributed by atoms with Crippen molar-refractivity contribution >= 4 is 5.91 Å². The van der Waals surface area contributed by atoms with Gasteiger partial charge in [-0.05, 0) is 64.2 Å². The number of hydrogen-bond acceptors (Lipinski definition) is 3. The van der Waals surface area contributed by atoms with Gasteiger partial charge in [-0.3, -0.25) is 4.79 Å². The fraction of sp³-hybridized carbons (Fsp3) is 0.750. The summed E-state index contributed by atoms with van der Waals surface area (Å²) in [6.45, 7) is 4.23. The number of allylic oxidation sites excluding steroid dienone is 12. The molecule has 0 saturated heterocycles. The Labute approximate surface area is 349 Å². The minimum atomic E-state index is -0.660. The molecule has 0 aliphatic rings. The second kappa shape index (κ2) is 47.2. The molecule has 0 fully saturated rings. The fourth-order valence-electron chi connectivity index (χ4n) is 7.07. The van der Waals surface area contributed by atoms with Crippen molar-refractivity contribution in [2.24, 2.45) is 0 Å². The van der Waals surface area contributed by atoms with Crippen LogP contribution in [0.1, 0.15) is 232 Å². The van der Waals surface area contributed by atoms with Crippen LogP contribution in [0.4, 0.5) is 0 Å². The lowest BCUT2D eigenvalue weighted by Gasteiger charge is -2.22. The van der Waals surface area contributed by atoms with E-state index in [1.54, 1.807) is 0 Å². The van der Waals surface area contributed by atoms with Crippen molar-refractivity contribution in [3.05, 3.63) is 72.9 Å². The maximum absolute atomic E-state index is 12.4. The first kappa shape index (κ1) is 53.8. The van der Waals surface area contributed by atoms with Crippen molar-refractivity contribution in [1.82, 2.24) is 5.32 Å². The van der Waals surface area contributed by atoms with Gasteiger partial charge in [-0.2, -0.15) is 0 Å². The summed E-state index contributed by atoms with van der Waals surface area (Å²) in [7, 11) is 0. The lowest BCUT2D eigenvalue weighted by molar-refractivity contribution is -0.123. The van der Waals surface area contributed by atoms with E-state index < -0.39 is 12.1 Å². The third-order valence-electron chi connectivity index (χ3n) is 10.7. The van der Waals surface area contributed by atoms with E-state index in [-0.39, 0.29) is 12.5 Å². The second-order valence-corrected chi connectivity index (χ2v) is 16.2. The van der Waals surface area contributed by atoms with E-state index in [4.69, 9.17) is 0 Å². The van der Waals surface area contributed by atoms with Crippen LogP contribution < -0.4 is 5.32 Å². The molecule has 324 valence electrons. The molecule has 0 rings (SSSR count). The molecule has 0 aromatic carbocycles. The molecule has 4 heteroatoms. The molecule has 0 aliphatic carbocycles. The molecule has 0 radical (unpaired) electrons. The van der Waals surface area contributed by atoms with Gasteiger partial charge in [-0.15, -0.1) is 0 Å². The molecular weight excluding hydrogens is 687 g/mol. The predicted octanol–water partition coefficient (Wildman–Crippen LogP) is 15.5. The molecule has 0 aromatic rings. The Morgan fingerprint density at radius 1 is 0.446 bits per heavy atom. The highest BCUT2D eigenvalue weighted by Gasteiger charge is 2.20. The maximum Gasteiger partial charge on any atom is 0.220 e. The average Bonchev–Trinajstić information content (AvgIpc) is 3.20. The van der Waals surface area contributed by atoms with E-state index in [0.717, 1.165) is 64.2 Å². The zero-order valence-electron chi connectivity index (χ0n) is 37.1. The van der Waals surface area contributed by atoms with Gasteiger partial charge in [-0.1, -0.05) is 234 Å². The van der Waals surface area contributed by atoms with Gasteiger partial charge in [0, 0.05) is 6.42 Å². The van der Waals surface area contributed by atoms with Gasteiger partial charge >= 0.3 is 0 Å². The topological polar surface area (TPSA) is 69.6 Å². The first-order valence-electron chi connectivity index (χ1n) is 24.1. The van der Waals surface area contributed by atoms with Gasteiger partial charge in [0.2, 0.25) is 5.91 Å². The number of carbonyl (C=O) groups is 1. The van der Waals surface area contributed by atoms with Crippen molar-refractivity contribution in [3.63, 3.8) is 0 Å². The molecule has 0 aliphatic heterocycles. The van der Waals surface area contributed by atoms with Crippen molar-refractivity contribution < 1.29 is 15.0 Å². The molecule has 2 atom stereocenters. The Bertz CT molecular complexity index is 977. The van der Waals surface area contributed by atoms with Gasteiger partial charge < -0.3 is 15.5 Å². The van der Waals surface area contributed by atoms with Gasteiger partial charge in [0.1, 0.15) is 0 Å². The minimum Gasteiger partial charge on any atom is -0.394 e. The summed E-state index contributed by atoms with van der Waals surface area (Å²) in [5.41, 5.74) is 0. The Hall–Kier alpha value is -2.17. The van der Waals surface area contributed by atoms with Crippen LogP contribution in [0, 0.1) is 0 Å². The van der Waals surface area contributed by atoms with E-state index in [2.05, 4.69) is 92.1 Å². The number of hydrogen-bond donors (Lipinski definition) is 3. The highest BCUT2D eigenvalue weighted by atomic mass is 16.3. The molecule has 0 aromatic heterocycles. The van der Waals surface area contributed by atoms with Crippen LogP contribution in [0.2, 0.25) is 0 Å². The lowest BCUT2D eigenvalue weighted by atomic mass is 10.0. The Kier molecular flexibility index (Phi) is 45.4. The monoisotopic (exact) mass is 780 g/mol. The van der Waals surface area contributed by atoms with Crippen LogP contribution in [0.5, 0.6) is 0 Å². The third kappa shape index (κ3) is 43.0. The van der Waals surface area contributed by atoms with E-state index in [1.165, 1.54) is 141 Å². The summed E-state index contributed by atoms with van der Waals surface area (Å²) < 4.78 is 0. The Balaban J connectivity index is 3.49. The summed E-state index contributed by atoms with van der Waals surface area (Å²) in [6.07, 6.45) is 67.1. The number of nitrogens with one attached hydrogen (secondary N) is 1. The standard InChI is InChI=1S/C52H93NO3/c1-3-5-7-9-11-13-15-16-17-18-19-20-21-22-23-24-25-26-27-28-29-30-31-32-33-34-35-36-38-40-42-44-46-48-52(56)53-50(49-54)51(55)47-45-43-41-39-37-14-12-10-8-6-4-2/h5,7,11,13,16-17,19-20,22-23,25-26,50-51,54-55H,3-4,6,8-10,12,14-15,18,21,24,27-49H2,1-2H3,(H,53,56)/b7-5-,13-11-,17-16-,20-19-,23-22-,26-25-. The molecule has 0 heterocycles. The van der Waals surface area contributed by atoms with E-state index in [9.17, 15) is 15.0 Å². The SMILES string of the molecule is CC/C=C\C/C=C\C/C=C\C/C=C\C/C=C\C/C=C\CCCCCCCCCCCCCCCCC(=O)NC(CO)C(O)CCCCCCCCCCCCC.